The number of hydrogen-bond donors (Lipinski definition) is 0. The molecule has 2 aliphatic rings. The third-order valence-electron chi connectivity index (χ3n) is 5.39. The molecule has 1 amide bonds. The molecule has 4 heterocycles. The van der Waals surface area contributed by atoms with Crippen molar-refractivity contribution in [2.24, 2.45) is 5.10 Å². The fourth-order valence-electron chi connectivity index (χ4n) is 3.60. The first-order valence-corrected chi connectivity index (χ1v) is 9.20. The first-order valence-electron chi connectivity index (χ1n) is 8.82. The maximum absolute atomic E-state index is 13.3. The van der Waals surface area contributed by atoms with Crippen molar-refractivity contribution in [1.29, 1.82) is 0 Å². The number of aromatic nitrogens is 2. The van der Waals surface area contributed by atoms with E-state index in [0.29, 0.717) is 36.5 Å². The summed E-state index contributed by atoms with van der Waals surface area (Å²) in [4.78, 5) is 18.9. The Morgan fingerprint density at radius 2 is 2.08 bits per heavy atom. The quantitative estimate of drug-likeness (QED) is 0.808. The summed E-state index contributed by atoms with van der Waals surface area (Å²) in [6.07, 6.45) is 5.28. The number of likely N-dealkylation sites (N-methyl/N-ethyl adjacent to an activating group) is 1. The second-order valence-corrected chi connectivity index (χ2v) is 7.42. The Kier molecular flexibility index (Phi) is 4.34. The largest absolute Gasteiger partial charge is 0.338 e. The van der Waals surface area contributed by atoms with Crippen molar-refractivity contribution in [1.82, 2.24) is 19.5 Å². The number of pyridine rings is 1. The van der Waals surface area contributed by atoms with Gasteiger partial charge in [0.05, 0.1) is 22.7 Å². The van der Waals surface area contributed by atoms with Crippen LogP contribution >= 0.6 is 11.6 Å². The molecule has 0 N–H and O–H groups in total. The van der Waals surface area contributed by atoms with Gasteiger partial charge < -0.3 is 9.47 Å². The minimum Gasteiger partial charge on any atom is -0.338 e. The van der Waals surface area contributed by atoms with E-state index >= 15 is 0 Å². The van der Waals surface area contributed by atoms with Crippen molar-refractivity contribution in [3.63, 3.8) is 0 Å². The zero-order valence-corrected chi connectivity index (χ0v) is 15.5. The molecular weight excluding hydrogens is 357 g/mol. The normalized spacial score (nSPS) is 24.0. The first kappa shape index (κ1) is 17.3. The van der Waals surface area contributed by atoms with E-state index in [2.05, 4.69) is 17.0 Å². The molecule has 0 bridgehead atoms. The SMILES string of the molecule is CC1C(n2cc(Cl)c3cc(C(=O)N4CCC(F)CC4)cnc32)C=NN1C. The van der Waals surface area contributed by atoms with E-state index < -0.39 is 6.17 Å². The van der Waals surface area contributed by atoms with Crippen LogP contribution in [0.2, 0.25) is 5.02 Å². The number of rotatable bonds is 2. The monoisotopic (exact) mass is 377 g/mol. The van der Waals surface area contributed by atoms with E-state index in [1.54, 1.807) is 17.2 Å². The van der Waals surface area contributed by atoms with Crippen molar-refractivity contribution in [3.8, 4) is 0 Å². The van der Waals surface area contributed by atoms with Crippen LogP contribution < -0.4 is 0 Å². The van der Waals surface area contributed by atoms with Gasteiger partial charge in [-0.25, -0.2) is 9.37 Å². The fraction of sp³-hybridized carbons (Fsp3) is 0.500. The lowest BCUT2D eigenvalue weighted by molar-refractivity contribution is 0.0667. The van der Waals surface area contributed by atoms with Gasteiger partial charge >= 0.3 is 0 Å². The molecule has 2 unspecified atom stereocenters. The highest BCUT2D eigenvalue weighted by atomic mass is 35.5. The molecule has 1 fully saturated rings. The van der Waals surface area contributed by atoms with E-state index in [-0.39, 0.29) is 18.0 Å². The summed E-state index contributed by atoms with van der Waals surface area (Å²) in [7, 11) is 1.93. The van der Waals surface area contributed by atoms with E-state index in [9.17, 15) is 9.18 Å². The number of piperidine rings is 1. The van der Waals surface area contributed by atoms with Crippen molar-refractivity contribution in [3.05, 3.63) is 29.0 Å². The number of nitrogens with zero attached hydrogens (tertiary/aromatic N) is 5. The molecule has 4 rings (SSSR count). The summed E-state index contributed by atoms with van der Waals surface area (Å²) < 4.78 is 15.3. The Bertz CT molecular complexity index is 874. The van der Waals surface area contributed by atoms with Gasteiger partial charge in [-0.05, 0) is 25.8 Å². The van der Waals surface area contributed by atoms with E-state index in [1.165, 1.54) is 0 Å². The van der Waals surface area contributed by atoms with Crippen molar-refractivity contribution in [2.45, 2.75) is 38.0 Å². The number of hydrogen-bond acceptors (Lipinski definition) is 4. The van der Waals surface area contributed by atoms with Crippen molar-refractivity contribution >= 4 is 34.8 Å². The van der Waals surface area contributed by atoms with Crippen LogP contribution in [-0.2, 0) is 0 Å². The fourth-order valence-corrected chi connectivity index (χ4v) is 3.84. The topological polar surface area (TPSA) is 53.7 Å². The van der Waals surface area contributed by atoms with Gasteiger partial charge in [0.1, 0.15) is 11.8 Å². The number of hydrazone groups is 1. The van der Waals surface area contributed by atoms with E-state index in [1.807, 2.05) is 29.0 Å². The Balaban J connectivity index is 1.65. The molecule has 138 valence electrons. The summed E-state index contributed by atoms with van der Waals surface area (Å²) in [5.74, 6) is -0.120. The third kappa shape index (κ3) is 2.84. The predicted molar refractivity (Wildman–Crippen MR) is 99.5 cm³/mol. The Labute approximate surface area is 156 Å². The zero-order chi connectivity index (χ0) is 18.4. The summed E-state index contributed by atoms with van der Waals surface area (Å²) in [6.45, 7) is 2.97. The number of carbonyl (C=O) groups excluding carboxylic acids is 1. The van der Waals surface area contributed by atoms with Crippen molar-refractivity contribution < 1.29 is 9.18 Å². The van der Waals surface area contributed by atoms with Crippen LogP contribution in [0.25, 0.3) is 11.0 Å². The molecule has 1 saturated heterocycles. The number of carbonyl (C=O) groups is 1. The lowest BCUT2D eigenvalue weighted by Gasteiger charge is -2.28. The second-order valence-electron chi connectivity index (χ2n) is 7.02. The zero-order valence-electron chi connectivity index (χ0n) is 14.8. The number of amides is 1. The van der Waals surface area contributed by atoms with Gasteiger partial charge in [0.15, 0.2) is 0 Å². The number of fused-ring (bicyclic) bond motifs is 1. The summed E-state index contributed by atoms with van der Waals surface area (Å²) in [5, 5.41) is 7.53. The van der Waals surface area contributed by atoms with Crippen LogP contribution in [-0.4, -0.2) is 63.9 Å². The Hall–Kier alpha value is -2.15. The van der Waals surface area contributed by atoms with Gasteiger partial charge in [-0.2, -0.15) is 5.10 Å². The highest BCUT2D eigenvalue weighted by molar-refractivity contribution is 6.35. The maximum Gasteiger partial charge on any atom is 0.255 e. The molecule has 8 heteroatoms. The molecule has 2 aromatic rings. The summed E-state index contributed by atoms with van der Waals surface area (Å²) in [5.41, 5.74) is 1.22. The van der Waals surface area contributed by atoms with Gasteiger partial charge in [-0.3, -0.25) is 9.80 Å². The molecule has 2 atom stereocenters. The van der Waals surface area contributed by atoms with Crippen LogP contribution in [0.5, 0.6) is 0 Å². The highest BCUT2D eigenvalue weighted by Crippen LogP contribution is 2.31. The second kappa shape index (κ2) is 6.54. The van der Waals surface area contributed by atoms with Crippen LogP contribution in [0.1, 0.15) is 36.2 Å². The molecule has 0 spiro atoms. The standard InChI is InChI=1S/C18H21ClFN5O/c1-11-16(9-22-23(11)2)25-10-15(19)14-7-12(8-21-17(14)25)18(26)24-5-3-13(20)4-6-24/h7-11,13,16H,3-6H2,1-2H3. The molecule has 2 aromatic heterocycles. The number of halogens is 2. The molecule has 0 aliphatic carbocycles. The lowest BCUT2D eigenvalue weighted by atomic mass is 10.1. The smallest absolute Gasteiger partial charge is 0.255 e. The predicted octanol–water partition coefficient (Wildman–Crippen LogP) is 3.12. The molecule has 0 radical (unpaired) electrons. The third-order valence-corrected chi connectivity index (χ3v) is 5.69. The van der Waals surface area contributed by atoms with Crippen molar-refractivity contribution in [2.75, 3.05) is 20.1 Å². The lowest BCUT2D eigenvalue weighted by Crippen LogP contribution is -2.39. The molecule has 0 saturated carbocycles. The molecule has 26 heavy (non-hydrogen) atoms. The minimum atomic E-state index is -0.809. The van der Waals surface area contributed by atoms with E-state index in [0.717, 1.165) is 11.0 Å². The number of alkyl halides is 1. The van der Waals surface area contributed by atoms with Gasteiger partial charge in [-0.1, -0.05) is 11.6 Å². The van der Waals surface area contributed by atoms with Crippen LogP contribution in [0.15, 0.2) is 23.6 Å². The first-order chi connectivity index (χ1) is 12.5. The summed E-state index contributed by atoms with van der Waals surface area (Å²) in [6, 6.07) is 2.00. The van der Waals surface area contributed by atoms with Gasteiger partial charge in [0, 0.05) is 44.1 Å². The molecular formula is C18H21ClFN5O. The highest BCUT2D eigenvalue weighted by Gasteiger charge is 2.29. The maximum atomic E-state index is 13.3. The minimum absolute atomic E-state index is 0.0348. The summed E-state index contributed by atoms with van der Waals surface area (Å²) >= 11 is 6.43. The number of likely N-dealkylation sites (tertiary alicyclic amines) is 1. The molecule has 2 aliphatic heterocycles. The average Bonchev–Trinajstić information content (AvgIpc) is 3.14. The van der Waals surface area contributed by atoms with Crippen LogP contribution in [0.4, 0.5) is 4.39 Å². The van der Waals surface area contributed by atoms with Gasteiger partial charge in [-0.15, -0.1) is 0 Å². The van der Waals surface area contributed by atoms with Crippen LogP contribution in [0.3, 0.4) is 0 Å². The van der Waals surface area contributed by atoms with Gasteiger partial charge in [0.2, 0.25) is 0 Å². The Morgan fingerprint density at radius 1 is 1.35 bits per heavy atom. The molecule has 0 aromatic carbocycles. The van der Waals surface area contributed by atoms with Crippen LogP contribution in [0, 0.1) is 0 Å². The molecule has 6 nitrogen and oxygen atoms in total. The van der Waals surface area contributed by atoms with E-state index in [4.69, 9.17) is 11.6 Å². The van der Waals surface area contributed by atoms with Gasteiger partial charge in [0.25, 0.3) is 5.91 Å². The Morgan fingerprint density at radius 3 is 2.73 bits per heavy atom. The average molecular weight is 378 g/mol.